The molecule has 0 aliphatic heterocycles. The van der Waals surface area contributed by atoms with Crippen molar-refractivity contribution >= 4 is 11.6 Å². The number of anilines is 1. The fourth-order valence-corrected chi connectivity index (χ4v) is 3.06. The van der Waals surface area contributed by atoms with Crippen molar-refractivity contribution in [2.24, 2.45) is 17.6 Å². The molecule has 1 heterocycles. The van der Waals surface area contributed by atoms with E-state index in [-0.39, 0.29) is 23.6 Å². The first-order chi connectivity index (χ1) is 10.7. The van der Waals surface area contributed by atoms with Gasteiger partial charge in [-0.05, 0) is 37.4 Å². The predicted octanol–water partition coefficient (Wildman–Crippen LogP) is 2.32. The molecule has 0 saturated heterocycles. The number of carbonyl (C=O) groups is 1. The van der Waals surface area contributed by atoms with Gasteiger partial charge >= 0.3 is 0 Å². The van der Waals surface area contributed by atoms with Crippen molar-refractivity contribution in [3.05, 3.63) is 42.5 Å². The highest BCUT2D eigenvalue weighted by Crippen LogP contribution is 2.31. The minimum Gasteiger partial charge on any atom is -0.330 e. The largest absolute Gasteiger partial charge is 0.330 e. The number of hydrogen-bond acceptors (Lipinski definition) is 3. The molecule has 1 aliphatic rings. The number of rotatable bonds is 4. The predicted molar refractivity (Wildman–Crippen MR) is 82.0 cm³/mol. The molecule has 116 valence electrons. The summed E-state index contributed by atoms with van der Waals surface area (Å²) in [4.78, 5) is 12.3. The van der Waals surface area contributed by atoms with E-state index in [1.165, 1.54) is 16.9 Å². The number of aromatic nitrogens is 2. The molecule has 1 fully saturated rings. The summed E-state index contributed by atoms with van der Waals surface area (Å²) in [6, 6.07) is 6.37. The van der Waals surface area contributed by atoms with Gasteiger partial charge in [0.2, 0.25) is 5.91 Å². The monoisotopic (exact) mass is 302 g/mol. The maximum absolute atomic E-state index is 13.7. The number of amides is 1. The van der Waals surface area contributed by atoms with Crippen molar-refractivity contribution in [2.45, 2.75) is 19.3 Å². The van der Waals surface area contributed by atoms with E-state index < -0.39 is 0 Å². The second kappa shape index (κ2) is 6.27. The number of para-hydroxylation sites is 1. The van der Waals surface area contributed by atoms with Crippen LogP contribution in [0.3, 0.4) is 0 Å². The molecule has 1 aromatic carbocycles. The van der Waals surface area contributed by atoms with E-state index in [1.54, 1.807) is 24.4 Å². The average molecular weight is 302 g/mol. The molecule has 2 atom stereocenters. The third-order valence-corrected chi connectivity index (χ3v) is 4.25. The van der Waals surface area contributed by atoms with E-state index in [4.69, 9.17) is 5.73 Å². The van der Waals surface area contributed by atoms with Crippen LogP contribution in [0.25, 0.3) is 5.69 Å². The Morgan fingerprint density at radius 3 is 3.00 bits per heavy atom. The van der Waals surface area contributed by atoms with Crippen molar-refractivity contribution in [3.63, 3.8) is 0 Å². The number of nitrogens with two attached hydrogens (primary N) is 1. The van der Waals surface area contributed by atoms with Crippen LogP contribution in [0.4, 0.5) is 10.1 Å². The molecule has 6 heteroatoms. The van der Waals surface area contributed by atoms with Gasteiger partial charge in [-0.1, -0.05) is 18.6 Å². The smallest absolute Gasteiger partial charge is 0.227 e. The molecule has 1 amide bonds. The Labute approximate surface area is 128 Å². The van der Waals surface area contributed by atoms with Crippen LogP contribution >= 0.6 is 0 Å². The Kier molecular flexibility index (Phi) is 4.20. The Morgan fingerprint density at radius 2 is 2.23 bits per heavy atom. The summed E-state index contributed by atoms with van der Waals surface area (Å²) in [6.45, 7) is 0.534. The van der Waals surface area contributed by atoms with Crippen molar-refractivity contribution in [3.8, 4) is 5.69 Å². The van der Waals surface area contributed by atoms with Gasteiger partial charge in [0.1, 0.15) is 11.5 Å². The van der Waals surface area contributed by atoms with Gasteiger partial charge in [-0.15, -0.1) is 0 Å². The molecular weight excluding hydrogens is 283 g/mol. The van der Waals surface area contributed by atoms with Gasteiger partial charge in [0, 0.05) is 5.92 Å². The maximum atomic E-state index is 13.7. The van der Waals surface area contributed by atoms with E-state index in [2.05, 4.69) is 10.4 Å². The van der Waals surface area contributed by atoms with Gasteiger partial charge in [-0.25, -0.2) is 9.07 Å². The summed E-state index contributed by atoms with van der Waals surface area (Å²) in [5, 5.41) is 6.96. The van der Waals surface area contributed by atoms with Crippen molar-refractivity contribution < 1.29 is 9.18 Å². The van der Waals surface area contributed by atoms with Crippen molar-refractivity contribution in [2.75, 3.05) is 11.9 Å². The van der Waals surface area contributed by atoms with Gasteiger partial charge in [0.15, 0.2) is 0 Å². The zero-order valence-corrected chi connectivity index (χ0v) is 12.2. The number of halogens is 1. The van der Waals surface area contributed by atoms with Crippen molar-refractivity contribution in [1.29, 1.82) is 0 Å². The maximum Gasteiger partial charge on any atom is 0.227 e. The molecule has 0 unspecified atom stereocenters. The second-order valence-corrected chi connectivity index (χ2v) is 5.65. The number of carbonyl (C=O) groups excluding carboxylic acids is 1. The first kappa shape index (κ1) is 14.7. The van der Waals surface area contributed by atoms with Gasteiger partial charge < -0.3 is 11.1 Å². The lowest BCUT2D eigenvalue weighted by molar-refractivity contribution is -0.120. The first-order valence-electron chi connectivity index (χ1n) is 7.49. The third-order valence-electron chi connectivity index (χ3n) is 4.25. The van der Waals surface area contributed by atoms with E-state index in [0.29, 0.717) is 17.9 Å². The average Bonchev–Trinajstić information content (AvgIpc) is 3.16. The first-order valence-corrected chi connectivity index (χ1v) is 7.49. The third kappa shape index (κ3) is 2.87. The Hall–Kier alpha value is -2.21. The van der Waals surface area contributed by atoms with E-state index >= 15 is 0 Å². The molecule has 1 saturated carbocycles. The molecule has 3 N–H and O–H groups in total. The summed E-state index contributed by atoms with van der Waals surface area (Å²) in [6.07, 6.45) is 6.05. The summed E-state index contributed by atoms with van der Waals surface area (Å²) in [5.74, 6) is -0.174. The minimum absolute atomic E-state index is 0.0268. The molecule has 3 rings (SSSR count). The highest BCUT2D eigenvalue weighted by molar-refractivity contribution is 5.92. The van der Waals surface area contributed by atoms with Crippen LogP contribution in [0, 0.1) is 17.7 Å². The van der Waals surface area contributed by atoms with Crippen LogP contribution < -0.4 is 11.1 Å². The fraction of sp³-hybridized carbons (Fsp3) is 0.375. The zero-order valence-electron chi connectivity index (χ0n) is 12.2. The molecule has 2 aromatic rings. The number of benzene rings is 1. The topological polar surface area (TPSA) is 72.9 Å². The van der Waals surface area contributed by atoms with E-state index in [1.807, 2.05) is 0 Å². The normalized spacial score (nSPS) is 21.0. The quantitative estimate of drug-likeness (QED) is 0.910. The van der Waals surface area contributed by atoms with Gasteiger partial charge in [0.05, 0.1) is 18.1 Å². The lowest BCUT2D eigenvalue weighted by Gasteiger charge is -2.16. The molecule has 0 spiro atoms. The van der Waals surface area contributed by atoms with Crippen LogP contribution in [-0.2, 0) is 4.79 Å². The van der Waals surface area contributed by atoms with Crippen molar-refractivity contribution in [1.82, 2.24) is 9.78 Å². The second-order valence-electron chi connectivity index (χ2n) is 5.65. The van der Waals surface area contributed by atoms with Gasteiger partial charge in [0.25, 0.3) is 0 Å². The van der Waals surface area contributed by atoms with Crippen LogP contribution in [0.2, 0.25) is 0 Å². The molecule has 0 radical (unpaired) electrons. The highest BCUT2D eigenvalue weighted by Gasteiger charge is 2.32. The fourth-order valence-electron chi connectivity index (χ4n) is 3.06. The molecule has 1 aliphatic carbocycles. The van der Waals surface area contributed by atoms with E-state index in [0.717, 1.165) is 19.3 Å². The molecule has 1 aromatic heterocycles. The number of hydrogen-bond donors (Lipinski definition) is 2. The zero-order chi connectivity index (χ0) is 15.5. The summed E-state index contributed by atoms with van der Waals surface area (Å²) in [7, 11) is 0. The molecular formula is C16H19FN4O. The number of nitrogens with one attached hydrogen (secondary N) is 1. The summed E-state index contributed by atoms with van der Waals surface area (Å²) < 4.78 is 15.1. The SMILES string of the molecule is NC[C@H]1CCC[C@H]1C(=O)Nc1cnn(-c2ccccc2F)c1. The molecule has 22 heavy (non-hydrogen) atoms. The Morgan fingerprint density at radius 1 is 1.41 bits per heavy atom. The lowest BCUT2D eigenvalue weighted by atomic mass is 9.95. The van der Waals surface area contributed by atoms with Gasteiger partial charge in [-0.2, -0.15) is 5.10 Å². The lowest BCUT2D eigenvalue weighted by Crippen LogP contribution is -2.29. The van der Waals surface area contributed by atoms with Crippen LogP contribution in [-0.4, -0.2) is 22.2 Å². The van der Waals surface area contributed by atoms with E-state index in [9.17, 15) is 9.18 Å². The van der Waals surface area contributed by atoms with Crippen LogP contribution in [0.5, 0.6) is 0 Å². The molecule has 0 bridgehead atoms. The molecule has 5 nitrogen and oxygen atoms in total. The summed E-state index contributed by atoms with van der Waals surface area (Å²) in [5.41, 5.74) is 6.63. The number of nitrogens with zero attached hydrogens (tertiary/aromatic N) is 2. The van der Waals surface area contributed by atoms with Crippen LogP contribution in [0.15, 0.2) is 36.7 Å². The highest BCUT2D eigenvalue weighted by atomic mass is 19.1. The Balaban J connectivity index is 1.72. The minimum atomic E-state index is -0.359. The summed E-state index contributed by atoms with van der Waals surface area (Å²) >= 11 is 0. The standard InChI is InChI=1S/C16H19FN4O/c17-14-6-1-2-7-15(14)21-10-12(9-19-21)20-16(22)13-5-3-4-11(13)8-18/h1-2,6-7,9-11,13H,3-5,8,18H2,(H,20,22)/t11-,13-/m1/s1. The van der Waals surface area contributed by atoms with Gasteiger partial charge in [-0.3, -0.25) is 4.79 Å². The Bertz CT molecular complexity index is 670. The van der Waals surface area contributed by atoms with Crippen LogP contribution in [0.1, 0.15) is 19.3 Å².